The molecule has 0 bridgehead atoms. The van der Waals surface area contributed by atoms with Crippen molar-refractivity contribution in [2.45, 2.75) is 24.7 Å². The van der Waals surface area contributed by atoms with Crippen molar-refractivity contribution in [1.82, 2.24) is 4.31 Å². The van der Waals surface area contributed by atoms with E-state index in [1.807, 2.05) is 6.92 Å². The molecular weight excluding hydrogens is 386 g/mol. The van der Waals surface area contributed by atoms with Crippen LogP contribution in [0, 0.1) is 5.92 Å². The first-order chi connectivity index (χ1) is 12.8. The SMILES string of the molecule is C[C@H]1CCCN(S(=O)(=O)c2ccc(C(=O)Nc3sccc3C(N)=O)cc2)C1. The third-order valence-electron chi connectivity index (χ3n) is 4.53. The first-order valence-corrected chi connectivity index (χ1v) is 10.9. The fourth-order valence-corrected chi connectivity index (χ4v) is 5.45. The van der Waals surface area contributed by atoms with Gasteiger partial charge in [-0.05, 0) is 54.5 Å². The summed E-state index contributed by atoms with van der Waals surface area (Å²) in [5, 5.41) is 4.66. The van der Waals surface area contributed by atoms with E-state index in [0.717, 1.165) is 12.8 Å². The normalized spacial score (nSPS) is 18.2. The van der Waals surface area contributed by atoms with Gasteiger partial charge in [0.2, 0.25) is 10.0 Å². The fraction of sp³-hybridized carbons (Fsp3) is 0.333. The number of thiophene rings is 1. The van der Waals surface area contributed by atoms with E-state index in [4.69, 9.17) is 5.73 Å². The molecule has 2 amide bonds. The summed E-state index contributed by atoms with van der Waals surface area (Å²) in [7, 11) is -3.56. The molecule has 3 N–H and O–H groups in total. The number of rotatable bonds is 5. The first-order valence-electron chi connectivity index (χ1n) is 8.58. The van der Waals surface area contributed by atoms with E-state index in [1.165, 1.54) is 46.0 Å². The molecule has 1 saturated heterocycles. The van der Waals surface area contributed by atoms with Gasteiger partial charge in [0.15, 0.2) is 0 Å². The maximum atomic E-state index is 12.8. The second-order valence-electron chi connectivity index (χ2n) is 6.62. The monoisotopic (exact) mass is 407 g/mol. The Balaban J connectivity index is 1.75. The third kappa shape index (κ3) is 4.20. The highest BCUT2D eigenvalue weighted by Gasteiger charge is 2.28. The summed E-state index contributed by atoms with van der Waals surface area (Å²) in [4.78, 5) is 23.9. The molecule has 2 heterocycles. The van der Waals surface area contributed by atoms with E-state index in [9.17, 15) is 18.0 Å². The quantitative estimate of drug-likeness (QED) is 0.793. The van der Waals surface area contributed by atoms with Crippen LogP contribution in [0.25, 0.3) is 0 Å². The minimum absolute atomic E-state index is 0.169. The summed E-state index contributed by atoms with van der Waals surface area (Å²) < 4.78 is 27.0. The average Bonchev–Trinajstić information content (AvgIpc) is 3.10. The molecule has 1 aromatic carbocycles. The van der Waals surface area contributed by atoms with Gasteiger partial charge in [-0.3, -0.25) is 9.59 Å². The Kier molecular flexibility index (Phi) is 5.64. The summed E-state index contributed by atoms with van der Waals surface area (Å²) in [5.74, 6) is -0.719. The molecule has 2 aromatic rings. The molecule has 27 heavy (non-hydrogen) atoms. The Morgan fingerprint density at radius 1 is 1.22 bits per heavy atom. The topological polar surface area (TPSA) is 110 Å². The number of sulfonamides is 1. The molecule has 0 spiro atoms. The lowest BCUT2D eigenvalue weighted by Crippen LogP contribution is -2.39. The third-order valence-corrected chi connectivity index (χ3v) is 7.24. The van der Waals surface area contributed by atoms with Crippen LogP contribution in [0.2, 0.25) is 0 Å². The van der Waals surface area contributed by atoms with Crippen LogP contribution in [0.4, 0.5) is 5.00 Å². The van der Waals surface area contributed by atoms with Crippen molar-refractivity contribution in [3.63, 3.8) is 0 Å². The number of nitrogens with two attached hydrogens (primary N) is 1. The van der Waals surface area contributed by atoms with E-state index in [2.05, 4.69) is 5.32 Å². The second kappa shape index (κ2) is 7.79. The van der Waals surface area contributed by atoms with Crippen LogP contribution in [-0.4, -0.2) is 37.6 Å². The molecule has 1 fully saturated rings. The van der Waals surface area contributed by atoms with E-state index in [-0.39, 0.29) is 10.5 Å². The molecule has 7 nitrogen and oxygen atoms in total. The van der Waals surface area contributed by atoms with Gasteiger partial charge in [0.25, 0.3) is 11.8 Å². The van der Waals surface area contributed by atoms with Crippen molar-refractivity contribution in [3.8, 4) is 0 Å². The maximum absolute atomic E-state index is 12.8. The molecular formula is C18H21N3O4S2. The minimum Gasteiger partial charge on any atom is -0.366 e. The van der Waals surface area contributed by atoms with Gasteiger partial charge in [-0.2, -0.15) is 4.31 Å². The molecule has 1 atom stereocenters. The Hall–Kier alpha value is -2.23. The van der Waals surface area contributed by atoms with E-state index in [1.54, 1.807) is 5.38 Å². The predicted molar refractivity (Wildman–Crippen MR) is 104 cm³/mol. The minimum atomic E-state index is -3.56. The lowest BCUT2D eigenvalue weighted by atomic mass is 10.0. The molecule has 144 valence electrons. The zero-order valence-electron chi connectivity index (χ0n) is 14.8. The van der Waals surface area contributed by atoms with Gasteiger partial charge in [0.1, 0.15) is 5.00 Å². The molecule has 0 radical (unpaired) electrons. The van der Waals surface area contributed by atoms with Gasteiger partial charge in [-0.1, -0.05) is 6.92 Å². The largest absolute Gasteiger partial charge is 0.366 e. The Morgan fingerprint density at radius 3 is 2.56 bits per heavy atom. The predicted octanol–water partition coefficient (Wildman–Crippen LogP) is 2.52. The highest BCUT2D eigenvalue weighted by molar-refractivity contribution is 7.89. The van der Waals surface area contributed by atoms with E-state index >= 15 is 0 Å². The summed E-state index contributed by atoms with van der Waals surface area (Å²) in [6.07, 6.45) is 1.88. The number of piperidine rings is 1. The average molecular weight is 408 g/mol. The van der Waals surface area contributed by atoms with Crippen molar-refractivity contribution in [2.75, 3.05) is 18.4 Å². The molecule has 0 saturated carbocycles. The number of carbonyl (C=O) groups excluding carboxylic acids is 2. The van der Waals surface area contributed by atoms with Crippen molar-refractivity contribution in [1.29, 1.82) is 0 Å². The Morgan fingerprint density at radius 2 is 1.93 bits per heavy atom. The van der Waals surface area contributed by atoms with Gasteiger partial charge in [-0.25, -0.2) is 8.42 Å². The Labute approximate surface area is 162 Å². The number of benzene rings is 1. The maximum Gasteiger partial charge on any atom is 0.256 e. The molecule has 9 heteroatoms. The lowest BCUT2D eigenvalue weighted by Gasteiger charge is -2.30. The Bertz CT molecular complexity index is 951. The van der Waals surface area contributed by atoms with Crippen molar-refractivity contribution in [2.24, 2.45) is 11.7 Å². The number of anilines is 1. The van der Waals surface area contributed by atoms with E-state index < -0.39 is 21.8 Å². The van der Waals surface area contributed by atoms with Crippen LogP contribution >= 0.6 is 11.3 Å². The van der Waals surface area contributed by atoms with Crippen LogP contribution in [0.5, 0.6) is 0 Å². The number of hydrogen-bond donors (Lipinski definition) is 2. The molecule has 1 aliphatic rings. The van der Waals surface area contributed by atoms with Gasteiger partial charge in [0.05, 0.1) is 10.5 Å². The van der Waals surface area contributed by atoms with Crippen LogP contribution in [0.15, 0.2) is 40.6 Å². The smallest absolute Gasteiger partial charge is 0.256 e. The summed E-state index contributed by atoms with van der Waals surface area (Å²) in [5.41, 5.74) is 5.81. The fourth-order valence-electron chi connectivity index (χ4n) is 3.07. The number of carbonyl (C=O) groups is 2. The summed E-state index contributed by atoms with van der Waals surface area (Å²) >= 11 is 1.19. The first kappa shape index (κ1) is 19.5. The van der Waals surface area contributed by atoms with E-state index in [0.29, 0.717) is 29.6 Å². The number of amides is 2. The van der Waals surface area contributed by atoms with Gasteiger partial charge in [-0.15, -0.1) is 11.3 Å². The van der Waals surface area contributed by atoms with Crippen LogP contribution < -0.4 is 11.1 Å². The summed E-state index contributed by atoms with van der Waals surface area (Å²) in [6, 6.07) is 7.35. The van der Waals surface area contributed by atoms with Gasteiger partial charge >= 0.3 is 0 Å². The highest BCUT2D eigenvalue weighted by atomic mass is 32.2. The zero-order valence-corrected chi connectivity index (χ0v) is 16.5. The number of primary amides is 1. The second-order valence-corrected chi connectivity index (χ2v) is 9.47. The summed E-state index contributed by atoms with van der Waals surface area (Å²) in [6.45, 7) is 3.07. The highest BCUT2D eigenvalue weighted by Crippen LogP contribution is 2.25. The molecule has 0 aliphatic carbocycles. The van der Waals surface area contributed by atoms with Crippen molar-refractivity contribution in [3.05, 3.63) is 46.8 Å². The molecule has 3 rings (SSSR count). The number of nitrogens with zero attached hydrogens (tertiary/aromatic N) is 1. The molecule has 0 unspecified atom stereocenters. The van der Waals surface area contributed by atoms with Gasteiger partial charge < -0.3 is 11.1 Å². The molecule has 1 aliphatic heterocycles. The van der Waals surface area contributed by atoms with Crippen molar-refractivity contribution < 1.29 is 18.0 Å². The standard InChI is InChI=1S/C18H21N3O4S2/c1-12-3-2-9-21(11-12)27(24,25)14-6-4-13(5-7-14)17(23)20-18-15(16(19)22)8-10-26-18/h4-8,10,12H,2-3,9,11H2,1H3,(H2,19,22)(H,20,23)/t12-/m0/s1. The lowest BCUT2D eigenvalue weighted by molar-refractivity contribution is 0.100. The van der Waals surface area contributed by atoms with Crippen LogP contribution in [0.1, 0.15) is 40.5 Å². The number of nitrogens with one attached hydrogen (secondary N) is 1. The molecule has 1 aromatic heterocycles. The van der Waals surface area contributed by atoms with Gasteiger partial charge in [0, 0.05) is 18.7 Å². The number of hydrogen-bond acceptors (Lipinski definition) is 5. The van der Waals surface area contributed by atoms with Crippen LogP contribution in [-0.2, 0) is 10.0 Å². The van der Waals surface area contributed by atoms with Crippen molar-refractivity contribution >= 4 is 38.2 Å². The van der Waals surface area contributed by atoms with Crippen LogP contribution in [0.3, 0.4) is 0 Å². The zero-order chi connectivity index (χ0) is 19.6.